The number of aliphatic imine (C=N–C) groups is 1. The standard InChI is InChI=1S/C22H16FNOS/c23-19-13-11-17(12-14-19)20-24-22(21(25)26-20,18-9-5-2-6-10-18)15-16-7-3-1-4-8-16/h1-14H,15H2. The number of benzene rings is 3. The van der Waals surface area contributed by atoms with E-state index in [-0.39, 0.29) is 10.9 Å². The van der Waals surface area contributed by atoms with Gasteiger partial charge in [-0.15, -0.1) is 0 Å². The molecular formula is C22H16FNOS. The first kappa shape index (κ1) is 16.7. The molecule has 1 unspecified atom stereocenters. The second-order valence-corrected chi connectivity index (χ2v) is 7.16. The largest absolute Gasteiger partial charge is 0.284 e. The molecule has 0 amide bonds. The van der Waals surface area contributed by atoms with E-state index in [2.05, 4.69) is 0 Å². The van der Waals surface area contributed by atoms with Gasteiger partial charge in [0, 0.05) is 12.0 Å². The first-order valence-corrected chi connectivity index (χ1v) is 9.16. The number of hydrogen-bond donors (Lipinski definition) is 0. The molecule has 0 aromatic heterocycles. The van der Waals surface area contributed by atoms with Gasteiger partial charge in [0.05, 0.1) is 0 Å². The van der Waals surface area contributed by atoms with Crippen molar-refractivity contribution in [1.29, 1.82) is 0 Å². The monoisotopic (exact) mass is 361 g/mol. The van der Waals surface area contributed by atoms with Crippen molar-refractivity contribution in [3.05, 3.63) is 107 Å². The lowest BCUT2D eigenvalue weighted by Crippen LogP contribution is -2.31. The highest BCUT2D eigenvalue weighted by molar-refractivity contribution is 8.27. The molecule has 0 bridgehead atoms. The number of hydrogen-bond acceptors (Lipinski definition) is 3. The van der Waals surface area contributed by atoms with Gasteiger partial charge in [-0.1, -0.05) is 60.7 Å². The number of rotatable bonds is 4. The van der Waals surface area contributed by atoms with Crippen LogP contribution in [-0.2, 0) is 16.8 Å². The van der Waals surface area contributed by atoms with Crippen molar-refractivity contribution in [2.75, 3.05) is 0 Å². The summed E-state index contributed by atoms with van der Waals surface area (Å²) in [6.07, 6.45) is 0.494. The van der Waals surface area contributed by atoms with Crippen molar-refractivity contribution >= 4 is 21.9 Å². The first-order chi connectivity index (χ1) is 12.7. The van der Waals surface area contributed by atoms with E-state index in [1.165, 1.54) is 12.1 Å². The van der Waals surface area contributed by atoms with E-state index in [4.69, 9.17) is 4.99 Å². The summed E-state index contributed by atoms with van der Waals surface area (Å²) in [7, 11) is 0. The van der Waals surface area contributed by atoms with E-state index >= 15 is 0 Å². The molecule has 0 spiro atoms. The van der Waals surface area contributed by atoms with Gasteiger partial charge in [0.15, 0.2) is 5.54 Å². The number of carbonyl (C=O) groups is 1. The third-order valence-electron chi connectivity index (χ3n) is 4.46. The molecule has 4 heteroatoms. The Morgan fingerprint density at radius 2 is 1.46 bits per heavy atom. The van der Waals surface area contributed by atoms with Gasteiger partial charge >= 0.3 is 0 Å². The smallest absolute Gasteiger partial charge is 0.227 e. The van der Waals surface area contributed by atoms with Crippen LogP contribution in [0.15, 0.2) is 89.9 Å². The molecule has 0 fully saturated rings. The third-order valence-corrected chi connectivity index (χ3v) is 5.51. The van der Waals surface area contributed by atoms with E-state index in [0.717, 1.165) is 28.5 Å². The predicted molar refractivity (Wildman–Crippen MR) is 104 cm³/mol. The van der Waals surface area contributed by atoms with Crippen LogP contribution < -0.4 is 0 Å². The topological polar surface area (TPSA) is 29.4 Å². The van der Waals surface area contributed by atoms with Gasteiger partial charge in [0.2, 0.25) is 5.12 Å². The van der Waals surface area contributed by atoms with Crippen molar-refractivity contribution in [2.24, 2.45) is 4.99 Å². The van der Waals surface area contributed by atoms with Crippen LogP contribution in [0.4, 0.5) is 4.39 Å². The van der Waals surface area contributed by atoms with E-state index in [1.54, 1.807) is 12.1 Å². The molecule has 0 radical (unpaired) electrons. The molecule has 0 saturated carbocycles. The fraction of sp³-hybridized carbons (Fsp3) is 0.0909. The van der Waals surface area contributed by atoms with E-state index in [0.29, 0.717) is 11.5 Å². The summed E-state index contributed by atoms with van der Waals surface area (Å²) in [5, 5.41) is 0.627. The summed E-state index contributed by atoms with van der Waals surface area (Å²) in [5.41, 5.74) is 1.72. The molecule has 1 aliphatic rings. The lowest BCUT2D eigenvalue weighted by Gasteiger charge is -2.24. The number of nitrogens with zero attached hydrogens (tertiary/aromatic N) is 1. The summed E-state index contributed by atoms with van der Waals surface area (Å²) in [6.45, 7) is 0. The zero-order valence-corrected chi connectivity index (χ0v) is 14.7. The molecule has 1 heterocycles. The summed E-state index contributed by atoms with van der Waals surface area (Å²) in [6, 6.07) is 25.7. The van der Waals surface area contributed by atoms with Crippen molar-refractivity contribution in [3.8, 4) is 0 Å². The molecule has 0 N–H and O–H groups in total. The Morgan fingerprint density at radius 3 is 2.12 bits per heavy atom. The van der Waals surface area contributed by atoms with E-state index in [1.807, 2.05) is 60.7 Å². The van der Waals surface area contributed by atoms with Gasteiger partial charge in [-0.25, -0.2) is 4.39 Å². The molecule has 3 aromatic carbocycles. The molecule has 1 aliphatic heterocycles. The molecule has 2 nitrogen and oxygen atoms in total. The van der Waals surface area contributed by atoms with Crippen molar-refractivity contribution in [3.63, 3.8) is 0 Å². The molecule has 1 atom stereocenters. The minimum absolute atomic E-state index is 0.00752. The molecule has 0 saturated heterocycles. The Labute approximate surface area is 155 Å². The fourth-order valence-electron chi connectivity index (χ4n) is 3.13. The lowest BCUT2D eigenvalue weighted by molar-refractivity contribution is -0.115. The molecule has 0 aliphatic carbocycles. The van der Waals surface area contributed by atoms with Crippen molar-refractivity contribution in [1.82, 2.24) is 0 Å². The Hall–Kier alpha value is -2.72. The number of carbonyl (C=O) groups excluding carboxylic acids is 1. The Kier molecular flexibility index (Phi) is 4.43. The lowest BCUT2D eigenvalue weighted by atomic mass is 9.85. The second-order valence-electron chi connectivity index (χ2n) is 6.20. The maximum Gasteiger partial charge on any atom is 0.227 e. The summed E-state index contributed by atoms with van der Waals surface area (Å²) < 4.78 is 13.2. The minimum Gasteiger partial charge on any atom is -0.284 e. The Bertz CT molecular complexity index is 954. The minimum atomic E-state index is -0.961. The van der Waals surface area contributed by atoms with Crippen molar-refractivity contribution < 1.29 is 9.18 Å². The maximum absolute atomic E-state index is 13.2. The molecule has 4 rings (SSSR count). The zero-order valence-electron chi connectivity index (χ0n) is 13.9. The van der Waals surface area contributed by atoms with Crippen molar-refractivity contribution in [2.45, 2.75) is 12.0 Å². The van der Waals surface area contributed by atoms with Gasteiger partial charge in [-0.05, 0) is 47.2 Å². The first-order valence-electron chi connectivity index (χ1n) is 8.35. The van der Waals surface area contributed by atoms with Gasteiger partial charge in [-0.2, -0.15) is 0 Å². The maximum atomic E-state index is 13.2. The fourth-order valence-corrected chi connectivity index (χ4v) is 4.17. The Balaban J connectivity index is 1.82. The predicted octanol–water partition coefficient (Wildman–Crippen LogP) is 4.98. The molecule has 3 aromatic rings. The van der Waals surface area contributed by atoms with Gasteiger partial charge in [-0.3, -0.25) is 9.79 Å². The van der Waals surface area contributed by atoms with Crippen LogP contribution in [-0.4, -0.2) is 10.2 Å². The quantitative estimate of drug-likeness (QED) is 0.656. The van der Waals surface area contributed by atoms with Crippen LogP contribution in [0, 0.1) is 5.82 Å². The van der Waals surface area contributed by atoms with Gasteiger partial charge < -0.3 is 0 Å². The third kappa shape index (κ3) is 3.08. The van der Waals surface area contributed by atoms with Crippen LogP contribution >= 0.6 is 11.8 Å². The van der Waals surface area contributed by atoms with Crippen LogP contribution in [0.5, 0.6) is 0 Å². The van der Waals surface area contributed by atoms with E-state index in [9.17, 15) is 9.18 Å². The summed E-state index contributed by atoms with van der Waals surface area (Å²) >= 11 is 1.13. The van der Waals surface area contributed by atoms with E-state index < -0.39 is 5.54 Å². The summed E-state index contributed by atoms with van der Waals surface area (Å²) in [4.78, 5) is 18.0. The zero-order chi connectivity index (χ0) is 18.0. The van der Waals surface area contributed by atoms with Crippen LogP contribution in [0.25, 0.3) is 0 Å². The average Bonchev–Trinajstić information content (AvgIpc) is 3.01. The van der Waals surface area contributed by atoms with Crippen LogP contribution in [0.1, 0.15) is 16.7 Å². The SMILES string of the molecule is O=C1SC(c2ccc(F)cc2)=NC1(Cc1ccccc1)c1ccccc1. The normalized spacial score (nSPS) is 19.4. The van der Waals surface area contributed by atoms with Gasteiger partial charge in [0.1, 0.15) is 10.9 Å². The second kappa shape index (κ2) is 6.89. The molecular weight excluding hydrogens is 345 g/mol. The van der Waals surface area contributed by atoms with Crippen LogP contribution in [0.3, 0.4) is 0 Å². The Morgan fingerprint density at radius 1 is 0.846 bits per heavy atom. The highest BCUT2D eigenvalue weighted by Crippen LogP contribution is 2.42. The van der Waals surface area contributed by atoms with Crippen LogP contribution in [0.2, 0.25) is 0 Å². The average molecular weight is 361 g/mol. The van der Waals surface area contributed by atoms with Gasteiger partial charge in [0.25, 0.3) is 0 Å². The highest BCUT2D eigenvalue weighted by Gasteiger charge is 2.46. The summed E-state index contributed by atoms with van der Waals surface area (Å²) in [5.74, 6) is -0.303. The molecule has 128 valence electrons. The number of thioether (sulfide) groups is 1. The highest BCUT2D eigenvalue weighted by atomic mass is 32.2. The number of halogens is 1. The molecule has 26 heavy (non-hydrogen) atoms.